The first-order valence-corrected chi connectivity index (χ1v) is 6.02. The first kappa shape index (κ1) is 12.3. The molecule has 3 rings (SSSR count). The third kappa shape index (κ3) is 2.03. The highest BCUT2D eigenvalue weighted by Gasteiger charge is 2.16. The van der Waals surface area contributed by atoms with Crippen molar-refractivity contribution in [2.75, 3.05) is 5.73 Å². The van der Waals surface area contributed by atoms with Gasteiger partial charge >= 0.3 is 0 Å². The van der Waals surface area contributed by atoms with Gasteiger partial charge in [-0.3, -0.25) is 0 Å². The lowest BCUT2D eigenvalue weighted by atomic mass is 10.1. The predicted molar refractivity (Wildman–Crippen MR) is 73.3 cm³/mol. The summed E-state index contributed by atoms with van der Waals surface area (Å²) < 4.78 is 28.6. The van der Waals surface area contributed by atoms with E-state index in [9.17, 15) is 8.78 Å². The molecule has 0 saturated carbocycles. The molecule has 0 saturated heterocycles. The van der Waals surface area contributed by atoms with E-state index in [1.165, 1.54) is 16.8 Å². The summed E-state index contributed by atoms with van der Waals surface area (Å²) in [6.45, 7) is 0. The molecule has 1 aromatic heterocycles. The lowest BCUT2D eigenvalue weighted by Gasteiger charge is -2.02. The molecule has 0 unspecified atom stereocenters. The monoisotopic (exact) mass is 271 g/mol. The third-order valence-corrected chi connectivity index (χ3v) is 2.97. The number of rotatable bonds is 2. The van der Waals surface area contributed by atoms with E-state index in [0.717, 1.165) is 11.8 Å². The van der Waals surface area contributed by atoms with Crippen molar-refractivity contribution in [2.45, 2.75) is 0 Å². The second-order valence-corrected chi connectivity index (χ2v) is 4.31. The molecule has 2 aromatic carbocycles. The van der Waals surface area contributed by atoms with E-state index in [0.29, 0.717) is 5.69 Å². The van der Waals surface area contributed by atoms with Crippen molar-refractivity contribution in [3.8, 4) is 16.9 Å². The summed E-state index contributed by atoms with van der Waals surface area (Å²) >= 11 is 0. The Labute approximate surface area is 114 Å². The van der Waals surface area contributed by atoms with Crippen LogP contribution in [0.25, 0.3) is 16.9 Å². The fraction of sp³-hybridized carbons (Fsp3) is 0. The maximum absolute atomic E-state index is 13.8. The number of para-hydroxylation sites is 1. The fourth-order valence-corrected chi connectivity index (χ4v) is 2.00. The van der Waals surface area contributed by atoms with Crippen LogP contribution in [0.1, 0.15) is 0 Å². The van der Waals surface area contributed by atoms with E-state index < -0.39 is 11.6 Å². The van der Waals surface area contributed by atoms with Gasteiger partial charge in [0.25, 0.3) is 0 Å². The fourth-order valence-electron chi connectivity index (χ4n) is 2.00. The zero-order chi connectivity index (χ0) is 14.1. The molecule has 100 valence electrons. The van der Waals surface area contributed by atoms with Crippen LogP contribution in [0, 0.1) is 11.6 Å². The highest BCUT2D eigenvalue weighted by Crippen LogP contribution is 2.28. The normalized spacial score (nSPS) is 10.7. The van der Waals surface area contributed by atoms with Gasteiger partial charge < -0.3 is 5.73 Å². The summed E-state index contributed by atoms with van der Waals surface area (Å²) in [4.78, 5) is 0. The molecule has 0 spiro atoms. The van der Waals surface area contributed by atoms with E-state index in [2.05, 4.69) is 5.10 Å². The van der Waals surface area contributed by atoms with Crippen LogP contribution in [0.15, 0.2) is 54.7 Å². The van der Waals surface area contributed by atoms with E-state index in [4.69, 9.17) is 5.73 Å². The molecular weight excluding hydrogens is 260 g/mol. The Morgan fingerprint density at radius 1 is 0.950 bits per heavy atom. The SMILES string of the molecule is Nc1cn(-c2ccccc2)nc1-c1cccc(F)c1F. The molecule has 0 bridgehead atoms. The number of aromatic nitrogens is 2. The number of halogens is 2. The van der Waals surface area contributed by atoms with Crippen LogP contribution >= 0.6 is 0 Å². The molecule has 20 heavy (non-hydrogen) atoms. The average molecular weight is 271 g/mol. The molecule has 2 N–H and O–H groups in total. The van der Waals surface area contributed by atoms with Crippen molar-refractivity contribution in [3.05, 3.63) is 66.4 Å². The van der Waals surface area contributed by atoms with Gasteiger partial charge in [-0.25, -0.2) is 13.5 Å². The van der Waals surface area contributed by atoms with E-state index in [1.54, 1.807) is 6.20 Å². The van der Waals surface area contributed by atoms with Gasteiger partial charge in [0.15, 0.2) is 11.6 Å². The molecule has 0 aliphatic carbocycles. The number of anilines is 1. The average Bonchev–Trinajstić information content (AvgIpc) is 2.85. The Morgan fingerprint density at radius 2 is 1.70 bits per heavy atom. The van der Waals surface area contributed by atoms with Crippen molar-refractivity contribution < 1.29 is 8.78 Å². The van der Waals surface area contributed by atoms with E-state index in [1.807, 2.05) is 30.3 Å². The van der Waals surface area contributed by atoms with Crippen LogP contribution in [-0.2, 0) is 0 Å². The van der Waals surface area contributed by atoms with E-state index >= 15 is 0 Å². The molecule has 1 heterocycles. The maximum Gasteiger partial charge on any atom is 0.168 e. The summed E-state index contributed by atoms with van der Waals surface area (Å²) in [5, 5.41) is 4.24. The summed E-state index contributed by atoms with van der Waals surface area (Å²) in [5.41, 5.74) is 7.22. The highest BCUT2D eigenvalue weighted by atomic mass is 19.2. The lowest BCUT2D eigenvalue weighted by molar-refractivity contribution is 0.511. The summed E-state index contributed by atoms with van der Waals surface area (Å²) in [7, 11) is 0. The first-order valence-electron chi connectivity index (χ1n) is 6.02. The Kier molecular flexibility index (Phi) is 2.95. The van der Waals surface area contributed by atoms with Gasteiger partial charge in [-0.15, -0.1) is 0 Å². The molecule has 0 aliphatic rings. The minimum atomic E-state index is -0.947. The van der Waals surface area contributed by atoms with Gasteiger partial charge in [-0.2, -0.15) is 5.10 Å². The Morgan fingerprint density at radius 3 is 2.45 bits per heavy atom. The summed E-state index contributed by atoms with van der Waals surface area (Å²) in [5.74, 6) is -1.87. The molecule has 0 amide bonds. The van der Waals surface area contributed by atoms with Gasteiger partial charge in [0.1, 0.15) is 5.69 Å². The van der Waals surface area contributed by atoms with Crippen LogP contribution in [0.4, 0.5) is 14.5 Å². The Bertz CT molecular complexity index is 751. The van der Waals surface area contributed by atoms with Crippen molar-refractivity contribution in [1.29, 1.82) is 0 Å². The van der Waals surface area contributed by atoms with Crippen molar-refractivity contribution in [3.63, 3.8) is 0 Å². The number of nitrogens with two attached hydrogens (primary N) is 1. The van der Waals surface area contributed by atoms with Gasteiger partial charge in [-0.05, 0) is 24.3 Å². The van der Waals surface area contributed by atoms with Gasteiger partial charge in [0.2, 0.25) is 0 Å². The summed E-state index contributed by atoms with van der Waals surface area (Å²) in [6.07, 6.45) is 1.58. The lowest BCUT2D eigenvalue weighted by Crippen LogP contribution is -1.95. The predicted octanol–water partition coefficient (Wildman–Crippen LogP) is 3.40. The standard InChI is InChI=1S/C15H11F2N3/c16-12-8-4-7-11(14(12)17)15-13(18)9-20(19-15)10-5-2-1-3-6-10/h1-9H,18H2. The largest absolute Gasteiger partial charge is 0.396 e. The molecule has 3 nitrogen and oxygen atoms in total. The quantitative estimate of drug-likeness (QED) is 0.776. The van der Waals surface area contributed by atoms with Crippen molar-refractivity contribution in [1.82, 2.24) is 9.78 Å². The number of benzene rings is 2. The van der Waals surface area contributed by atoms with Gasteiger partial charge in [0.05, 0.1) is 17.6 Å². The number of hydrogen-bond acceptors (Lipinski definition) is 2. The minimum Gasteiger partial charge on any atom is -0.396 e. The highest BCUT2D eigenvalue weighted by molar-refractivity contribution is 5.73. The first-order chi connectivity index (χ1) is 9.66. The second kappa shape index (κ2) is 4.77. The third-order valence-electron chi connectivity index (χ3n) is 2.97. The van der Waals surface area contributed by atoms with Crippen LogP contribution in [0.2, 0.25) is 0 Å². The van der Waals surface area contributed by atoms with Gasteiger partial charge in [0, 0.05) is 5.56 Å². The van der Waals surface area contributed by atoms with Crippen LogP contribution < -0.4 is 5.73 Å². The van der Waals surface area contributed by atoms with Crippen LogP contribution in [0.5, 0.6) is 0 Å². The smallest absolute Gasteiger partial charge is 0.168 e. The van der Waals surface area contributed by atoms with Crippen LogP contribution in [0.3, 0.4) is 0 Å². The molecule has 5 heteroatoms. The number of hydrogen-bond donors (Lipinski definition) is 1. The molecule has 0 radical (unpaired) electrons. The summed E-state index contributed by atoms with van der Waals surface area (Å²) in [6, 6.07) is 13.2. The molecule has 0 aliphatic heterocycles. The minimum absolute atomic E-state index is 0.0529. The topological polar surface area (TPSA) is 43.8 Å². The van der Waals surface area contributed by atoms with Crippen LogP contribution in [-0.4, -0.2) is 9.78 Å². The number of nitrogen functional groups attached to an aromatic ring is 1. The molecular formula is C15H11F2N3. The van der Waals surface area contributed by atoms with Crippen molar-refractivity contribution in [2.24, 2.45) is 0 Å². The zero-order valence-electron chi connectivity index (χ0n) is 10.4. The maximum atomic E-state index is 13.8. The molecule has 3 aromatic rings. The molecule has 0 fully saturated rings. The Balaban J connectivity index is 2.12. The van der Waals surface area contributed by atoms with Crippen molar-refractivity contribution >= 4 is 5.69 Å². The van der Waals surface area contributed by atoms with E-state index in [-0.39, 0.29) is 11.3 Å². The van der Waals surface area contributed by atoms with Gasteiger partial charge in [-0.1, -0.05) is 24.3 Å². The zero-order valence-corrected chi connectivity index (χ0v) is 10.4. The second-order valence-electron chi connectivity index (χ2n) is 4.31. The molecule has 0 atom stereocenters. The Hall–Kier alpha value is -2.69. The number of nitrogens with zero attached hydrogens (tertiary/aromatic N) is 2.